The number of fused-ring (bicyclic) bond motifs is 6. The maximum atomic E-state index is 6.83. The minimum absolute atomic E-state index is 0.585. The Bertz CT molecular complexity index is 3180. The van der Waals surface area contributed by atoms with Crippen molar-refractivity contribution in [2.75, 3.05) is 0 Å². The molecule has 3 heterocycles. The highest BCUT2D eigenvalue weighted by molar-refractivity contribution is 6.16. The number of hydrogen-bond acceptors (Lipinski definition) is 5. The lowest BCUT2D eigenvalue weighted by Gasteiger charge is -2.12. The summed E-state index contributed by atoms with van der Waals surface area (Å²) in [5, 5.41) is 4.26. The third-order valence-corrected chi connectivity index (χ3v) is 10.6. The Morgan fingerprint density at radius 1 is 0.286 bits per heavy atom. The number of para-hydroxylation sites is 1. The van der Waals surface area contributed by atoms with Gasteiger partial charge >= 0.3 is 0 Å². The van der Waals surface area contributed by atoms with Crippen molar-refractivity contribution in [1.29, 1.82) is 0 Å². The Hall–Kier alpha value is -7.63. The molecule has 11 rings (SSSR count). The molecule has 262 valence electrons. The van der Waals surface area contributed by atoms with Crippen LogP contribution in [0.5, 0.6) is 0 Å². The van der Waals surface area contributed by atoms with Crippen LogP contribution in [0.3, 0.4) is 0 Å². The maximum absolute atomic E-state index is 6.83. The second-order valence-electron chi connectivity index (χ2n) is 13.9. The molecular weight excluding hydrogens is 687 g/mol. The van der Waals surface area contributed by atoms with E-state index in [4.69, 9.17) is 23.8 Å². The summed E-state index contributed by atoms with van der Waals surface area (Å²) >= 11 is 0. The Morgan fingerprint density at radius 2 is 0.786 bits per heavy atom. The van der Waals surface area contributed by atoms with Crippen molar-refractivity contribution >= 4 is 43.9 Å². The lowest BCUT2D eigenvalue weighted by atomic mass is 9.91. The van der Waals surface area contributed by atoms with E-state index in [1.807, 2.05) is 72.8 Å². The molecule has 0 fully saturated rings. The van der Waals surface area contributed by atoms with Gasteiger partial charge in [0.25, 0.3) is 0 Å². The van der Waals surface area contributed by atoms with E-state index >= 15 is 0 Å². The predicted molar refractivity (Wildman–Crippen MR) is 227 cm³/mol. The minimum atomic E-state index is 0.585. The Kier molecular flexibility index (Phi) is 7.42. The smallest absolute Gasteiger partial charge is 0.164 e. The molecule has 0 unspecified atom stereocenters. The van der Waals surface area contributed by atoms with Gasteiger partial charge in [0.15, 0.2) is 17.5 Å². The van der Waals surface area contributed by atoms with Gasteiger partial charge in [-0.15, -0.1) is 0 Å². The molecule has 3 aromatic heterocycles. The van der Waals surface area contributed by atoms with Gasteiger partial charge < -0.3 is 8.83 Å². The zero-order valence-electron chi connectivity index (χ0n) is 30.1. The fraction of sp³-hybridized carbons (Fsp3) is 0. The molecule has 11 aromatic rings. The number of hydrogen-bond donors (Lipinski definition) is 0. The number of nitrogens with zero attached hydrogens (tertiary/aromatic N) is 3. The molecule has 0 amide bonds. The summed E-state index contributed by atoms with van der Waals surface area (Å²) in [6, 6.07) is 64.5. The summed E-state index contributed by atoms with van der Waals surface area (Å²) in [7, 11) is 0. The molecule has 0 spiro atoms. The summed E-state index contributed by atoms with van der Waals surface area (Å²) in [6.07, 6.45) is 0. The van der Waals surface area contributed by atoms with E-state index in [0.717, 1.165) is 93.9 Å². The van der Waals surface area contributed by atoms with E-state index in [0.29, 0.717) is 17.5 Å². The summed E-state index contributed by atoms with van der Waals surface area (Å²) in [6.45, 7) is 0. The zero-order chi connectivity index (χ0) is 37.0. The van der Waals surface area contributed by atoms with Crippen LogP contribution in [-0.4, -0.2) is 15.0 Å². The molecule has 5 nitrogen and oxygen atoms in total. The zero-order valence-corrected chi connectivity index (χ0v) is 30.1. The van der Waals surface area contributed by atoms with Crippen molar-refractivity contribution in [3.05, 3.63) is 188 Å². The third-order valence-electron chi connectivity index (χ3n) is 10.6. The van der Waals surface area contributed by atoms with Crippen molar-refractivity contribution in [3.63, 3.8) is 0 Å². The molecule has 0 N–H and O–H groups in total. The summed E-state index contributed by atoms with van der Waals surface area (Å²) < 4.78 is 13.3. The standard InChI is InChI=1S/C51H31N3O2/c1-4-14-32(15-5-1)35-26-29-43-46(30-35)55-44-25-13-22-40(47(43)44)37-20-10-11-21-38(37)41-23-12-24-42-39-28-27-36(31-45(39)56-48(41)42)51-53-49(33-16-6-2-7-17-33)52-50(54-51)34-18-8-3-9-19-34/h1-31H. The van der Waals surface area contributed by atoms with E-state index < -0.39 is 0 Å². The van der Waals surface area contributed by atoms with Crippen molar-refractivity contribution in [2.24, 2.45) is 0 Å². The number of aromatic nitrogens is 3. The van der Waals surface area contributed by atoms with E-state index in [1.54, 1.807) is 0 Å². The van der Waals surface area contributed by atoms with Crippen molar-refractivity contribution in [2.45, 2.75) is 0 Å². The fourth-order valence-electron chi connectivity index (χ4n) is 7.90. The SMILES string of the molecule is c1ccc(-c2ccc3c(c2)oc2cccc(-c4ccccc4-c4cccc5c4oc4cc(-c6nc(-c7ccccc7)nc(-c7ccccc7)n6)ccc45)c23)cc1. The van der Waals surface area contributed by atoms with Gasteiger partial charge in [0.2, 0.25) is 0 Å². The normalized spacial score (nSPS) is 11.6. The van der Waals surface area contributed by atoms with Crippen LogP contribution in [0.4, 0.5) is 0 Å². The predicted octanol–water partition coefficient (Wildman–Crippen LogP) is 13.7. The third kappa shape index (κ3) is 5.37. The van der Waals surface area contributed by atoms with Crippen LogP contribution < -0.4 is 0 Å². The first kappa shape index (κ1) is 31.9. The molecule has 0 aliphatic rings. The molecule has 0 aliphatic heterocycles. The molecule has 0 radical (unpaired) electrons. The number of benzene rings is 8. The molecule has 0 aliphatic carbocycles. The highest BCUT2D eigenvalue weighted by Gasteiger charge is 2.20. The van der Waals surface area contributed by atoms with Gasteiger partial charge in [-0.2, -0.15) is 0 Å². The fourth-order valence-corrected chi connectivity index (χ4v) is 7.90. The minimum Gasteiger partial charge on any atom is -0.456 e. The molecular formula is C51H31N3O2. The summed E-state index contributed by atoms with van der Waals surface area (Å²) in [5.74, 6) is 1.83. The molecule has 0 saturated carbocycles. The Morgan fingerprint density at radius 3 is 1.48 bits per heavy atom. The highest BCUT2D eigenvalue weighted by atomic mass is 16.3. The second-order valence-corrected chi connectivity index (χ2v) is 13.9. The van der Waals surface area contributed by atoms with E-state index in [9.17, 15) is 0 Å². The van der Waals surface area contributed by atoms with Crippen molar-refractivity contribution in [1.82, 2.24) is 15.0 Å². The van der Waals surface area contributed by atoms with E-state index in [1.165, 1.54) is 0 Å². The maximum Gasteiger partial charge on any atom is 0.164 e. The molecule has 8 aromatic carbocycles. The average molecular weight is 718 g/mol. The first-order valence-electron chi connectivity index (χ1n) is 18.7. The molecule has 5 heteroatoms. The van der Waals surface area contributed by atoms with Gasteiger partial charge in [-0.3, -0.25) is 0 Å². The van der Waals surface area contributed by atoms with Gasteiger partial charge in [0.1, 0.15) is 22.3 Å². The van der Waals surface area contributed by atoms with Crippen molar-refractivity contribution in [3.8, 4) is 67.5 Å². The number of rotatable bonds is 6. The first-order chi connectivity index (χ1) is 27.7. The van der Waals surface area contributed by atoms with Gasteiger partial charge in [-0.1, -0.05) is 158 Å². The highest BCUT2D eigenvalue weighted by Crippen LogP contribution is 2.44. The van der Waals surface area contributed by atoms with E-state index in [-0.39, 0.29) is 0 Å². The van der Waals surface area contributed by atoms with Crippen molar-refractivity contribution < 1.29 is 8.83 Å². The lowest BCUT2D eigenvalue weighted by Crippen LogP contribution is -2.00. The topological polar surface area (TPSA) is 65.0 Å². The van der Waals surface area contributed by atoms with Crippen LogP contribution >= 0.6 is 0 Å². The van der Waals surface area contributed by atoms with Crippen LogP contribution in [-0.2, 0) is 0 Å². The summed E-state index contributed by atoms with van der Waals surface area (Å²) in [5.41, 5.74) is 12.6. The lowest BCUT2D eigenvalue weighted by molar-refractivity contribution is 0.669. The van der Waals surface area contributed by atoms with Gasteiger partial charge in [0, 0.05) is 43.8 Å². The van der Waals surface area contributed by atoms with Gasteiger partial charge in [-0.05, 0) is 58.1 Å². The first-order valence-corrected chi connectivity index (χ1v) is 18.7. The van der Waals surface area contributed by atoms with Crippen LogP contribution in [0.15, 0.2) is 197 Å². The monoisotopic (exact) mass is 717 g/mol. The quantitative estimate of drug-likeness (QED) is 0.171. The Labute approximate surface area is 322 Å². The molecule has 0 atom stereocenters. The number of furan rings is 2. The van der Waals surface area contributed by atoms with Crippen LogP contribution in [0.2, 0.25) is 0 Å². The molecule has 56 heavy (non-hydrogen) atoms. The largest absolute Gasteiger partial charge is 0.456 e. The summed E-state index contributed by atoms with van der Waals surface area (Å²) in [4.78, 5) is 14.8. The van der Waals surface area contributed by atoms with Crippen LogP contribution in [0.25, 0.3) is 111 Å². The second kappa shape index (κ2) is 13.0. The van der Waals surface area contributed by atoms with E-state index in [2.05, 4.69) is 115 Å². The van der Waals surface area contributed by atoms with Gasteiger partial charge in [-0.25, -0.2) is 15.0 Å². The molecule has 0 bridgehead atoms. The van der Waals surface area contributed by atoms with Crippen LogP contribution in [0.1, 0.15) is 0 Å². The average Bonchev–Trinajstić information content (AvgIpc) is 3.85. The van der Waals surface area contributed by atoms with Gasteiger partial charge in [0.05, 0.1) is 0 Å². The molecule has 0 saturated heterocycles. The Balaban J connectivity index is 1.05. The van der Waals surface area contributed by atoms with Crippen LogP contribution in [0, 0.1) is 0 Å².